The summed E-state index contributed by atoms with van der Waals surface area (Å²) in [6.45, 7) is 7.77. The van der Waals surface area contributed by atoms with Crippen molar-refractivity contribution in [1.29, 1.82) is 0 Å². The number of amides is 1. The van der Waals surface area contributed by atoms with E-state index in [1.165, 1.54) is 4.90 Å². The summed E-state index contributed by atoms with van der Waals surface area (Å²) in [4.78, 5) is 25.4. The second kappa shape index (κ2) is 6.18. The molecule has 1 aliphatic rings. The third kappa shape index (κ3) is 3.07. The average molecular weight is 275 g/mol. The minimum atomic E-state index is -0.446. The van der Waals surface area contributed by atoms with Crippen LogP contribution in [0.15, 0.2) is 18.2 Å². The van der Waals surface area contributed by atoms with E-state index in [4.69, 9.17) is 4.74 Å². The van der Waals surface area contributed by atoms with Crippen LogP contribution in [0.4, 0.5) is 5.69 Å². The van der Waals surface area contributed by atoms with E-state index in [2.05, 4.69) is 13.8 Å². The van der Waals surface area contributed by atoms with Crippen LogP contribution in [0.3, 0.4) is 0 Å². The summed E-state index contributed by atoms with van der Waals surface area (Å²) in [5, 5.41) is 0. The molecule has 1 aromatic carbocycles. The van der Waals surface area contributed by atoms with Crippen molar-refractivity contribution in [3.05, 3.63) is 29.3 Å². The number of anilines is 1. The molecular weight excluding hydrogens is 254 g/mol. The van der Waals surface area contributed by atoms with Gasteiger partial charge in [0.25, 0.3) is 11.7 Å². The Balaban J connectivity index is 1.96. The number of rotatable bonds is 6. The van der Waals surface area contributed by atoms with Gasteiger partial charge >= 0.3 is 0 Å². The lowest BCUT2D eigenvalue weighted by Gasteiger charge is -2.16. The number of hydrogen-bond donors (Lipinski definition) is 0. The number of Topliss-reactive ketones (excluding diaryl/α,β-unsaturated/α-hetero) is 1. The molecule has 108 valence electrons. The van der Waals surface area contributed by atoms with Crippen LogP contribution >= 0.6 is 0 Å². The van der Waals surface area contributed by atoms with Gasteiger partial charge in [-0.25, -0.2) is 0 Å². The molecule has 1 heterocycles. The molecule has 0 saturated heterocycles. The molecule has 4 nitrogen and oxygen atoms in total. The van der Waals surface area contributed by atoms with Crippen molar-refractivity contribution in [2.75, 3.05) is 24.7 Å². The Kier molecular flexibility index (Phi) is 4.55. The van der Waals surface area contributed by atoms with Gasteiger partial charge in [0.15, 0.2) is 0 Å². The highest BCUT2D eigenvalue weighted by Crippen LogP contribution is 2.29. The quantitative estimate of drug-likeness (QED) is 0.592. The largest absolute Gasteiger partial charge is 0.380 e. The number of ether oxygens (including phenoxy) is 1. The van der Waals surface area contributed by atoms with Gasteiger partial charge in [-0.3, -0.25) is 9.59 Å². The lowest BCUT2D eigenvalue weighted by molar-refractivity contribution is -0.114. The fourth-order valence-corrected chi connectivity index (χ4v) is 2.21. The molecular formula is C16H21NO3. The van der Waals surface area contributed by atoms with Crippen LogP contribution in [0, 0.1) is 12.8 Å². The molecule has 1 aromatic rings. The molecule has 0 fully saturated rings. The van der Waals surface area contributed by atoms with Crippen molar-refractivity contribution >= 4 is 17.4 Å². The van der Waals surface area contributed by atoms with Crippen LogP contribution in [-0.4, -0.2) is 31.4 Å². The highest BCUT2D eigenvalue weighted by molar-refractivity contribution is 6.52. The maximum Gasteiger partial charge on any atom is 0.299 e. The molecule has 0 aromatic heterocycles. The van der Waals surface area contributed by atoms with E-state index >= 15 is 0 Å². The highest BCUT2D eigenvalue weighted by Gasteiger charge is 2.35. The first kappa shape index (κ1) is 14.7. The number of carbonyl (C=O) groups excluding carboxylic acids is 2. The zero-order chi connectivity index (χ0) is 14.7. The van der Waals surface area contributed by atoms with E-state index in [1.807, 2.05) is 19.1 Å². The Morgan fingerprint density at radius 1 is 1.20 bits per heavy atom. The normalized spacial score (nSPS) is 14.3. The number of aryl methyl sites for hydroxylation is 1. The highest BCUT2D eigenvalue weighted by atomic mass is 16.5. The van der Waals surface area contributed by atoms with E-state index in [0.29, 0.717) is 36.9 Å². The monoisotopic (exact) mass is 275 g/mol. The van der Waals surface area contributed by atoms with Gasteiger partial charge in [-0.2, -0.15) is 0 Å². The van der Waals surface area contributed by atoms with Crippen LogP contribution in [0.5, 0.6) is 0 Å². The summed E-state index contributed by atoms with van der Waals surface area (Å²) in [7, 11) is 0. The lowest BCUT2D eigenvalue weighted by atomic mass is 10.1. The van der Waals surface area contributed by atoms with E-state index < -0.39 is 11.7 Å². The summed E-state index contributed by atoms with van der Waals surface area (Å²) >= 11 is 0. The molecule has 20 heavy (non-hydrogen) atoms. The minimum absolute atomic E-state index is 0.411. The fraction of sp³-hybridized carbons (Fsp3) is 0.500. The standard InChI is InChI=1S/C16H21NO3/c1-11(2)6-8-20-9-7-17-14-5-4-12(3)10-13(14)15(18)16(17)19/h4-5,10-11H,6-9H2,1-3H3. The van der Waals surface area contributed by atoms with Gasteiger partial charge in [0.2, 0.25) is 0 Å². The molecule has 1 aliphatic heterocycles. The Hall–Kier alpha value is -1.68. The second-order valence-electron chi connectivity index (χ2n) is 5.60. The number of hydrogen-bond acceptors (Lipinski definition) is 3. The van der Waals surface area contributed by atoms with Crippen LogP contribution in [0.2, 0.25) is 0 Å². The van der Waals surface area contributed by atoms with Gasteiger partial charge in [-0.15, -0.1) is 0 Å². The lowest BCUT2D eigenvalue weighted by Crippen LogP contribution is -2.32. The molecule has 0 unspecified atom stereocenters. The zero-order valence-corrected chi connectivity index (χ0v) is 12.3. The van der Waals surface area contributed by atoms with E-state index in [1.54, 1.807) is 6.07 Å². The first-order valence-corrected chi connectivity index (χ1v) is 7.05. The summed E-state index contributed by atoms with van der Waals surface area (Å²) in [5.41, 5.74) is 2.20. The van der Waals surface area contributed by atoms with Gasteiger partial charge in [-0.1, -0.05) is 25.5 Å². The molecule has 0 spiro atoms. The van der Waals surface area contributed by atoms with Crippen LogP contribution in [-0.2, 0) is 9.53 Å². The first-order chi connectivity index (χ1) is 9.50. The molecule has 2 rings (SSSR count). The van der Waals surface area contributed by atoms with Crippen molar-refractivity contribution in [1.82, 2.24) is 0 Å². The topological polar surface area (TPSA) is 46.6 Å². The molecule has 1 amide bonds. The van der Waals surface area contributed by atoms with Crippen molar-refractivity contribution in [2.45, 2.75) is 27.2 Å². The maximum absolute atomic E-state index is 12.0. The molecule has 0 saturated carbocycles. The van der Waals surface area contributed by atoms with Gasteiger partial charge in [0, 0.05) is 13.2 Å². The van der Waals surface area contributed by atoms with Crippen molar-refractivity contribution in [3.8, 4) is 0 Å². The van der Waals surface area contributed by atoms with Crippen LogP contribution in [0.1, 0.15) is 36.2 Å². The van der Waals surface area contributed by atoms with Crippen LogP contribution < -0.4 is 4.90 Å². The number of benzene rings is 1. The fourth-order valence-electron chi connectivity index (χ4n) is 2.21. The number of ketones is 1. The maximum atomic E-state index is 12.0. The van der Waals surface area contributed by atoms with Gasteiger partial charge in [-0.05, 0) is 31.4 Å². The number of nitrogens with zero attached hydrogens (tertiary/aromatic N) is 1. The van der Waals surface area contributed by atoms with Gasteiger partial charge < -0.3 is 9.64 Å². The Bertz CT molecular complexity index is 522. The summed E-state index contributed by atoms with van der Waals surface area (Å²) in [6, 6.07) is 5.52. The van der Waals surface area contributed by atoms with E-state index in [0.717, 1.165) is 12.0 Å². The predicted octanol–water partition coefficient (Wildman–Crippen LogP) is 2.59. The predicted molar refractivity (Wildman–Crippen MR) is 78.1 cm³/mol. The number of fused-ring (bicyclic) bond motifs is 1. The van der Waals surface area contributed by atoms with Crippen molar-refractivity contribution < 1.29 is 14.3 Å². The number of carbonyl (C=O) groups is 2. The minimum Gasteiger partial charge on any atom is -0.380 e. The third-order valence-electron chi connectivity index (χ3n) is 3.43. The Morgan fingerprint density at radius 3 is 2.65 bits per heavy atom. The van der Waals surface area contributed by atoms with Crippen LogP contribution in [0.25, 0.3) is 0 Å². The summed E-state index contributed by atoms with van der Waals surface area (Å²) < 4.78 is 5.52. The molecule has 0 atom stereocenters. The van der Waals surface area contributed by atoms with Crippen molar-refractivity contribution in [3.63, 3.8) is 0 Å². The first-order valence-electron chi connectivity index (χ1n) is 7.05. The average Bonchev–Trinajstić information content (AvgIpc) is 2.63. The summed E-state index contributed by atoms with van der Waals surface area (Å²) in [5.74, 6) is -0.252. The van der Waals surface area contributed by atoms with Gasteiger partial charge in [0.05, 0.1) is 17.9 Å². The zero-order valence-electron chi connectivity index (χ0n) is 12.3. The Labute approximate surface area is 119 Å². The molecule has 4 heteroatoms. The smallest absolute Gasteiger partial charge is 0.299 e. The molecule has 0 radical (unpaired) electrons. The molecule has 0 N–H and O–H groups in total. The third-order valence-corrected chi connectivity index (χ3v) is 3.43. The molecule has 0 aliphatic carbocycles. The Morgan fingerprint density at radius 2 is 1.95 bits per heavy atom. The second-order valence-corrected chi connectivity index (χ2v) is 5.60. The SMILES string of the molecule is Cc1ccc2c(c1)C(=O)C(=O)N2CCOCCC(C)C. The van der Waals surface area contributed by atoms with E-state index in [9.17, 15) is 9.59 Å². The van der Waals surface area contributed by atoms with Crippen molar-refractivity contribution in [2.24, 2.45) is 5.92 Å². The molecule has 0 bridgehead atoms. The van der Waals surface area contributed by atoms with Gasteiger partial charge in [0.1, 0.15) is 0 Å². The van der Waals surface area contributed by atoms with E-state index in [-0.39, 0.29) is 0 Å². The summed E-state index contributed by atoms with van der Waals surface area (Å²) in [6.07, 6.45) is 1.00.